The molecule has 0 aliphatic heterocycles. The van der Waals surface area contributed by atoms with Crippen LogP contribution >= 0.6 is 0 Å². The van der Waals surface area contributed by atoms with Crippen LogP contribution < -0.4 is 10.1 Å². The molecule has 3 nitrogen and oxygen atoms in total. The summed E-state index contributed by atoms with van der Waals surface area (Å²) < 4.78 is 5.82. The number of aryl methyl sites for hydroxylation is 1. The fourth-order valence-corrected chi connectivity index (χ4v) is 1.77. The first-order valence-electron chi connectivity index (χ1n) is 6.02. The number of aliphatic hydroxyl groups is 1. The van der Waals surface area contributed by atoms with Crippen LogP contribution in [0.2, 0.25) is 0 Å². The van der Waals surface area contributed by atoms with Crippen LogP contribution in [-0.2, 0) is 0 Å². The van der Waals surface area contributed by atoms with Crippen LogP contribution in [0.25, 0.3) is 0 Å². The van der Waals surface area contributed by atoms with E-state index in [0.717, 1.165) is 12.2 Å². The molecule has 17 heavy (non-hydrogen) atoms. The molecule has 0 radical (unpaired) electrons. The summed E-state index contributed by atoms with van der Waals surface area (Å²) in [6, 6.07) is 8.01. The van der Waals surface area contributed by atoms with Crippen molar-refractivity contribution in [3.63, 3.8) is 0 Å². The smallest absolute Gasteiger partial charge is 0.119 e. The van der Waals surface area contributed by atoms with Gasteiger partial charge in [0.25, 0.3) is 0 Å². The van der Waals surface area contributed by atoms with E-state index in [0.29, 0.717) is 0 Å². The highest BCUT2D eigenvalue weighted by Crippen LogP contribution is 2.18. The second kappa shape index (κ2) is 6.03. The van der Waals surface area contributed by atoms with E-state index >= 15 is 0 Å². The number of nitrogens with one attached hydrogen (secondary N) is 1. The highest BCUT2D eigenvalue weighted by molar-refractivity contribution is 5.26. The zero-order chi connectivity index (χ0) is 12.9. The molecule has 0 saturated heterocycles. The molecule has 0 aliphatic carbocycles. The first kappa shape index (κ1) is 14.0. The van der Waals surface area contributed by atoms with Gasteiger partial charge in [0.15, 0.2) is 0 Å². The predicted molar refractivity (Wildman–Crippen MR) is 70.4 cm³/mol. The summed E-state index contributed by atoms with van der Waals surface area (Å²) in [5, 5.41) is 12.4. The molecule has 0 spiro atoms. The van der Waals surface area contributed by atoms with Gasteiger partial charge >= 0.3 is 0 Å². The Hall–Kier alpha value is -1.06. The molecule has 0 aliphatic rings. The normalized spacial score (nSPS) is 16.3. The summed E-state index contributed by atoms with van der Waals surface area (Å²) in [6.07, 6.45) is 0.816. The Kier molecular flexibility index (Phi) is 4.97. The van der Waals surface area contributed by atoms with Crippen molar-refractivity contribution in [1.82, 2.24) is 5.32 Å². The van der Waals surface area contributed by atoms with Crippen molar-refractivity contribution < 1.29 is 9.84 Å². The van der Waals surface area contributed by atoms with E-state index in [9.17, 15) is 5.11 Å². The lowest BCUT2D eigenvalue weighted by molar-refractivity contribution is 0.115. The predicted octanol–water partition coefficient (Wildman–Crippen LogP) is 2.12. The summed E-state index contributed by atoms with van der Waals surface area (Å²) in [6.45, 7) is 6.16. The lowest BCUT2D eigenvalue weighted by Gasteiger charge is -2.30. The van der Waals surface area contributed by atoms with E-state index in [-0.39, 0.29) is 18.2 Å². The van der Waals surface area contributed by atoms with Crippen molar-refractivity contribution in [3.05, 3.63) is 29.8 Å². The van der Waals surface area contributed by atoms with Gasteiger partial charge in [0.2, 0.25) is 0 Å². The van der Waals surface area contributed by atoms with Crippen molar-refractivity contribution >= 4 is 0 Å². The third-order valence-electron chi connectivity index (χ3n) is 3.05. The molecule has 3 heteroatoms. The molecule has 1 aromatic carbocycles. The van der Waals surface area contributed by atoms with Crippen LogP contribution in [0.3, 0.4) is 0 Å². The van der Waals surface area contributed by atoms with Crippen LogP contribution in [0.4, 0.5) is 0 Å². The van der Waals surface area contributed by atoms with Crippen molar-refractivity contribution in [2.45, 2.75) is 38.8 Å². The minimum Gasteiger partial charge on any atom is -0.491 e. The summed E-state index contributed by atoms with van der Waals surface area (Å²) in [4.78, 5) is 0. The van der Waals surface area contributed by atoms with Gasteiger partial charge in [-0.15, -0.1) is 0 Å². The van der Waals surface area contributed by atoms with Gasteiger partial charge in [-0.25, -0.2) is 0 Å². The largest absolute Gasteiger partial charge is 0.491 e. The van der Waals surface area contributed by atoms with Crippen LogP contribution in [0.1, 0.15) is 25.8 Å². The van der Waals surface area contributed by atoms with Gasteiger partial charge in [-0.3, -0.25) is 0 Å². The van der Waals surface area contributed by atoms with E-state index in [1.54, 1.807) is 0 Å². The zero-order valence-electron chi connectivity index (χ0n) is 11.2. The Morgan fingerprint density at radius 2 is 1.94 bits per heavy atom. The molecule has 1 aromatic rings. The summed E-state index contributed by atoms with van der Waals surface area (Å²) in [7, 11) is 1.86. The summed E-state index contributed by atoms with van der Waals surface area (Å²) in [5.41, 5.74) is 0.935. The highest BCUT2D eigenvalue weighted by atomic mass is 16.5. The molecular formula is C14H23NO2. The average Bonchev–Trinajstić information content (AvgIpc) is 2.32. The Balaban J connectivity index is 2.54. The first-order valence-corrected chi connectivity index (χ1v) is 6.02. The summed E-state index contributed by atoms with van der Waals surface area (Å²) in [5.74, 6) is 0.875. The number of hydrogen-bond donors (Lipinski definition) is 2. The van der Waals surface area contributed by atoms with Crippen LogP contribution in [-0.4, -0.2) is 30.4 Å². The van der Waals surface area contributed by atoms with Gasteiger partial charge in [-0.05, 0) is 40.0 Å². The molecule has 0 aromatic heterocycles. The van der Waals surface area contributed by atoms with Gasteiger partial charge in [0.05, 0.1) is 12.7 Å². The second-order valence-corrected chi connectivity index (χ2v) is 4.91. The monoisotopic (exact) mass is 237 g/mol. The van der Waals surface area contributed by atoms with Gasteiger partial charge in [-0.2, -0.15) is 0 Å². The van der Waals surface area contributed by atoms with Crippen molar-refractivity contribution in [2.24, 2.45) is 0 Å². The Bertz CT molecular complexity index is 331. The lowest BCUT2D eigenvalue weighted by atomic mass is 9.96. The topological polar surface area (TPSA) is 41.5 Å². The number of benzene rings is 1. The third-order valence-corrected chi connectivity index (χ3v) is 3.05. The lowest BCUT2D eigenvalue weighted by Crippen LogP contribution is -2.46. The maximum absolute atomic E-state index is 9.32. The van der Waals surface area contributed by atoms with E-state index in [1.807, 2.05) is 45.2 Å². The van der Waals surface area contributed by atoms with Crippen molar-refractivity contribution in [2.75, 3.05) is 13.7 Å². The van der Waals surface area contributed by atoms with Crippen molar-refractivity contribution in [1.29, 1.82) is 0 Å². The van der Waals surface area contributed by atoms with E-state index < -0.39 is 0 Å². The van der Waals surface area contributed by atoms with Crippen molar-refractivity contribution in [3.8, 4) is 5.75 Å². The SMILES string of the molecule is CNC(C)(CO)CC(C)Oc1ccc(C)cc1. The molecule has 0 saturated carbocycles. The molecule has 0 amide bonds. The molecule has 96 valence electrons. The maximum Gasteiger partial charge on any atom is 0.119 e. The van der Waals surface area contributed by atoms with E-state index in [2.05, 4.69) is 12.2 Å². The minimum atomic E-state index is -0.288. The molecule has 2 unspecified atom stereocenters. The standard InChI is InChI=1S/C14H23NO2/c1-11-5-7-13(8-6-11)17-12(2)9-14(3,10-16)15-4/h5-8,12,15-16H,9-10H2,1-4H3. The fraction of sp³-hybridized carbons (Fsp3) is 0.571. The van der Waals surface area contributed by atoms with Gasteiger partial charge in [-0.1, -0.05) is 17.7 Å². The van der Waals surface area contributed by atoms with Gasteiger partial charge in [0.1, 0.15) is 5.75 Å². The second-order valence-electron chi connectivity index (χ2n) is 4.91. The summed E-state index contributed by atoms with van der Waals surface area (Å²) >= 11 is 0. The molecule has 0 heterocycles. The molecular weight excluding hydrogens is 214 g/mol. The van der Waals surface area contributed by atoms with Crippen LogP contribution in [0.15, 0.2) is 24.3 Å². The number of hydrogen-bond acceptors (Lipinski definition) is 3. The van der Waals surface area contributed by atoms with E-state index in [4.69, 9.17) is 4.74 Å². The van der Waals surface area contributed by atoms with Gasteiger partial charge in [0, 0.05) is 12.0 Å². The molecule has 0 bridgehead atoms. The average molecular weight is 237 g/mol. The van der Waals surface area contributed by atoms with Crippen LogP contribution in [0, 0.1) is 6.92 Å². The van der Waals surface area contributed by atoms with Gasteiger partial charge < -0.3 is 15.2 Å². The maximum atomic E-state index is 9.32. The molecule has 0 fully saturated rings. The molecule has 2 N–H and O–H groups in total. The Morgan fingerprint density at radius 3 is 2.41 bits per heavy atom. The number of aliphatic hydroxyl groups excluding tert-OH is 1. The fourth-order valence-electron chi connectivity index (χ4n) is 1.77. The highest BCUT2D eigenvalue weighted by Gasteiger charge is 2.24. The zero-order valence-corrected chi connectivity index (χ0v) is 11.2. The molecule has 1 rings (SSSR count). The quantitative estimate of drug-likeness (QED) is 0.796. The Labute approximate surface area is 104 Å². The number of rotatable bonds is 6. The third kappa shape index (κ3) is 4.36. The number of ether oxygens (including phenoxy) is 1. The van der Waals surface area contributed by atoms with Crippen LogP contribution in [0.5, 0.6) is 5.75 Å². The molecule has 2 atom stereocenters. The first-order chi connectivity index (χ1) is 7.99. The van der Waals surface area contributed by atoms with E-state index in [1.165, 1.54) is 5.56 Å². The number of likely N-dealkylation sites (N-methyl/N-ethyl adjacent to an activating group) is 1. The Morgan fingerprint density at radius 1 is 1.35 bits per heavy atom. The minimum absolute atomic E-state index is 0.0577.